The normalized spacial score (nSPS) is 13.7. The fraction of sp³-hybridized carbons (Fsp3) is 0.0714. The molecule has 4 aromatic carbocycles. The van der Waals surface area contributed by atoms with E-state index in [0.717, 1.165) is 16.3 Å². The molecule has 1 aliphatic rings. The van der Waals surface area contributed by atoms with Gasteiger partial charge in [0.05, 0.1) is 24.1 Å². The van der Waals surface area contributed by atoms with Gasteiger partial charge in [-0.15, -0.1) is 0 Å². The van der Waals surface area contributed by atoms with Crippen LogP contribution in [0.2, 0.25) is 0 Å². The van der Waals surface area contributed by atoms with Crippen molar-refractivity contribution in [2.45, 2.75) is 6.92 Å². The third-order valence-corrected chi connectivity index (χ3v) is 5.84. The average Bonchev–Trinajstić information content (AvgIpc) is 3.08. The summed E-state index contributed by atoms with van der Waals surface area (Å²) in [5.74, 6) is -0.881. The molecule has 1 N–H and O–H groups in total. The number of methoxy groups -OCH3 is 1. The number of aryl methyl sites for hydroxylation is 1. The SMILES string of the molecule is COc1ccc(C)cc1NC1=C(c2ccc(F)cc2)C(=O)N(c2cccc3ccccc23)C1=O. The molecule has 0 fully saturated rings. The molecule has 0 saturated carbocycles. The Balaban J connectivity index is 1.68. The van der Waals surface area contributed by atoms with Crippen molar-refractivity contribution in [1.82, 2.24) is 0 Å². The van der Waals surface area contributed by atoms with E-state index in [1.807, 2.05) is 55.5 Å². The molecule has 0 atom stereocenters. The lowest BCUT2D eigenvalue weighted by Gasteiger charge is -2.18. The number of fused-ring (bicyclic) bond motifs is 1. The van der Waals surface area contributed by atoms with E-state index in [-0.39, 0.29) is 11.3 Å². The van der Waals surface area contributed by atoms with Crippen LogP contribution in [0.5, 0.6) is 5.75 Å². The molecule has 1 aliphatic heterocycles. The third kappa shape index (κ3) is 3.59. The lowest BCUT2D eigenvalue weighted by Crippen LogP contribution is -2.32. The zero-order chi connectivity index (χ0) is 23.8. The van der Waals surface area contributed by atoms with Crippen molar-refractivity contribution >= 4 is 39.5 Å². The number of amides is 2. The van der Waals surface area contributed by atoms with Crippen LogP contribution in [0.4, 0.5) is 15.8 Å². The molecule has 5 nitrogen and oxygen atoms in total. The molecule has 0 radical (unpaired) electrons. The van der Waals surface area contributed by atoms with Gasteiger partial charge in [-0.2, -0.15) is 0 Å². The number of hydrogen-bond donors (Lipinski definition) is 1. The lowest BCUT2D eigenvalue weighted by atomic mass is 10.0. The molecule has 0 spiro atoms. The van der Waals surface area contributed by atoms with Gasteiger partial charge in [0.25, 0.3) is 11.8 Å². The minimum atomic E-state index is -0.496. The van der Waals surface area contributed by atoms with Crippen LogP contribution < -0.4 is 15.0 Å². The van der Waals surface area contributed by atoms with Crippen LogP contribution in [0.3, 0.4) is 0 Å². The maximum atomic E-state index is 13.8. The summed E-state index contributed by atoms with van der Waals surface area (Å²) in [6.45, 7) is 1.92. The second-order valence-corrected chi connectivity index (χ2v) is 8.03. The largest absolute Gasteiger partial charge is 0.495 e. The molecule has 2 amide bonds. The van der Waals surface area contributed by atoms with Gasteiger partial charge in [-0.3, -0.25) is 9.59 Å². The maximum absolute atomic E-state index is 13.8. The number of carbonyl (C=O) groups excluding carboxylic acids is 2. The summed E-state index contributed by atoms with van der Waals surface area (Å²) in [7, 11) is 1.54. The monoisotopic (exact) mass is 452 g/mol. The van der Waals surface area contributed by atoms with Gasteiger partial charge in [0, 0.05) is 5.39 Å². The van der Waals surface area contributed by atoms with Crippen molar-refractivity contribution in [3.63, 3.8) is 0 Å². The number of halogens is 1. The number of nitrogens with zero attached hydrogens (tertiary/aromatic N) is 1. The van der Waals surface area contributed by atoms with E-state index in [4.69, 9.17) is 4.74 Å². The molecule has 0 bridgehead atoms. The molecular formula is C28H21FN2O3. The Bertz CT molecular complexity index is 1470. The molecule has 0 aromatic heterocycles. The smallest absolute Gasteiger partial charge is 0.282 e. The van der Waals surface area contributed by atoms with Crippen LogP contribution in [0.15, 0.2) is 90.6 Å². The highest BCUT2D eigenvalue weighted by Gasteiger charge is 2.41. The zero-order valence-electron chi connectivity index (χ0n) is 18.6. The Kier molecular flexibility index (Phi) is 5.34. The number of rotatable bonds is 5. The van der Waals surface area contributed by atoms with E-state index in [1.165, 1.54) is 36.3 Å². The van der Waals surface area contributed by atoms with Crippen LogP contribution in [0.1, 0.15) is 11.1 Å². The van der Waals surface area contributed by atoms with Crippen molar-refractivity contribution in [3.05, 3.63) is 108 Å². The van der Waals surface area contributed by atoms with E-state index in [0.29, 0.717) is 22.7 Å². The van der Waals surface area contributed by atoms with Crippen LogP contribution in [0, 0.1) is 12.7 Å². The van der Waals surface area contributed by atoms with Gasteiger partial charge in [0.1, 0.15) is 17.3 Å². The highest BCUT2D eigenvalue weighted by atomic mass is 19.1. The number of ether oxygens (including phenoxy) is 1. The third-order valence-electron chi connectivity index (χ3n) is 5.84. The molecule has 6 heteroatoms. The highest BCUT2D eigenvalue weighted by Crippen LogP contribution is 2.38. The Hall–Kier alpha value is -4.45. The average molecular weight is 452 g/mol. The number of hydrogen-bond acceptors (Lipinski definition) is 4. The van der Waals surface area contributed by atoms with Crippen molar-refractivity contribution in [1.29, 1.82) is 0 Å². The van der Waals surface area contributed by atoms with E-state index in [9.17, 15) is 14.0 Å². The summed E-state index contributed by atoms with van der Waals surface area (Å²) in [4.78, 5) is 28.7. The van der Waals surface area contributed by atoms with Crippen molar-refractivity contribution < 1.29 is 18.7 Å². The van der Waals surface area contributed by atoms with Gasteiger partial charge in [-0.05, 0) is 53.8 Å². The number of nitrogens with one attached hydrogen (secondary N) is 1. The van der Waals surface area contributed by atoms with Crippen molar-refractivity contribution in [3.8, 4) is 5.75 Å². The molecule has 0 saturated heterocycles. The number of imide groups is 1. The van der Waals surface area contributed by atoms with E-state index < -0.39 is 17.6 Å². The minimum absolute atomic E-state index is 0.105. The second kappa shape index (κ2) is 8.48. The Morgan fingerprint density at radius 1 is 0.853 bits per heavy atom. The second-order valence-electron chi connectivity index (χ2n) is 8.03. The summed E-state index contributed by atoms with van der Waals surface area (Å²) in [6, 6.07) is 24.1. The van der Waals surface area contributed by atoms with Gasteiger partial charge < -0.3 is 10.1 Å². The molecular weight excluding hydrogens is 431 g/mol. The predicted molar refractivity (Wildman–Crippen MR) is 131 cm³/mol. The molecule has 168 valence electrons. The molecule has 0 aliphatic carbocycles. The van der Waals surface area contributed by atoms with Gasteiger partial charge in [-0.25, -0.2) is 9.29 Å². The van der Waals surface area contributed by atoms with Crippen LogP contribution in [0.25, 0.3) is 16.3 Å². The highest BCUT2D eigenvalue weighted by molar-refractivity contribution is 6.47. The van der Waals surface area contributed by atoms with Crippen LogP contribution >= 0.6 is 0 Å². The summed E-state index contributed by atoms with van der Waals surface area (Å²) in [5, 5.41) is 4.83. The number of anilines is 2. The maximum Gasteiger partial charge on any atom is 0.282 e. The van der Waals surface area contributed by atoms with E-state index >= 15 is 0 Å². The fourth-order valence-corrected chi connectivity index (χ4v) is 4.21. The molecule has 34 heavy (non-hydrogen) atoms. The first kappa shape index (κ1) is 21.4. The Morgan fingerprint density at radius 3 is 2.35 bits per heavy atom. The summed E-state index contributed by atoms with van der Waals surface area (Å²) in [5.41, 5.74) is 2.71. The quantitative estimate of drug-likeness (QED) is 0.395. The summed E-state index contributed by atoms with van der Waals surface area (Å²) >= 11 is 0. The first-order valence-electron chi connectivity index (χ1n) is 10.8. The predicted octanol–water partition coefficient (Wildman–Crippen LogP) is 5.69. The van der Waals surface area contributed by atoms with E-state index in [2.05, 4.69) is 5.32 Å². The minimum Gasteiger partial charge on any atom is -0.495 e. The number of carbonyl (C=O) groups is 2. The van der Waals surface area contributed by atoms with Gasteiger partial charge >= 0.3 is 0 Å². The number of benzene rings is 4. The van der Waals surface area contributed by atoms with Crippen LogP contribution in [-0.2, 0) is 9.59 Å². The van der Waals surface area contributed by atoms with Crippen LogP contribution in [-0.4, -0.2) is 18.9 Å². The zero-order valence-corrected chi connectivity index (χ0v) is 18.6. The molecule has 0 unspecified atom stereocenters. The van der Waals surface area contributed by atoms with Gasteiger partial charge in [0.2, 0.25) is 0 Å². The van der Waals surface area contributed by atoms with E-state index in [1.54, 1.807) is 12.1 Å². The fourth-order valence-electron chi connectivity index (χ4n) is 4.21. The Labute approximate surface area is 196 Å². The summed E-state index contributed by atoms with van der Waals surface area (Å²) in [6.07, 6.45) is 0. The topological polar surface area (TPSA) is 58.6 Å². The first-order chi connectivity index (χ1) is 16.5. The molecule has 4 aromatic rings. The van der Waals surface area contributed by atoms with Crippen molar-refractivity contribution in [2.75, 3.05) is 17.3 Å². The lowest BCUT2D eigenvalue weighted by molar-refractivity contribution is -0.120. The molecule has 5 rings (SSSR count). The Morgan fingerprint density at radius 2 is 1.59 bits per heavy atom. The van der Waals surface area contributed by atoms with Gasteiger partial charge in [-0.1, -0.05) is 54.6 Å². The molecule has 1 heterocycles. The standard InChI is InChI=1S/C28H21FN2O3/c1-17-10-15-24(34-2)22(16-17)30-26-25(19-11-13-20(29)14-12-19)27(32)31(28(26)33)23-9-5-7-18-6-3-4-8-21(18)23/h3-16,30H,1-2H3. The van der Waals surface area contributed by atoms with Gasteiger partial charge in [0.15, 0.2) is 0 Å². The van der Waals surface area contributed by atoms with Crippen molar-refractivity contribution in [2.24, 2.45) is 0 Å². The summed E-state index contributed by atoms with van der Waals surface area (Å²) < 4.78 is 19.1. The first-order valence-corrected chi connectivity index (χ1v) is 10.8.